The van der Waals surface area contributed by atoms with E-state index in [0.29, 0.717) is 6.61 Å². The van der Waals surface area contributed by atoms with E-state index < -0.39 is 0 Å². The molecule has 0 bridgehead atoms. The van der Waals surface area contributed by atoms with Gasteiger partial charge in [0.15, 0.2) is 0 Å². The van der Waals surface area contributed by atoms with Crippen molar-refractivity contribution in [3.63, 3.8) is 0 Å². The average Bonchev–Trinajstić information content (AvgIpc) is 2.39. The van der Waals surface area contributed by atoms with E-state index in [1.807, 2.05) is 27.1 Å². The van der Waals surface area contributed by atoms with Crippen LogP contribution in [0.15, 0.2) is 12.4 Å². The Hall–Kier alpha value is -1.20. The number of hydrogen-bond acceptors (Lipinski definition) is 5. The first-order chi connectivity index (χ1) is 9.13. The van der Waals surface area contributed by atoms with Gasteiger partial charge >= 0.3 is 0 Å². The van der Waals surface area contributed by atoms with E-state index in [9.17, 15) is 0 Å². The van der Waals surface area contributed by atoms with Crippen molar-refractivity contribution in [1.82, 2.24) is 15.3 Å². The molecule has 1 rings (SSSR count). The number of rotatable bonds is 9. The molecule has 0 saturated heterocycles. The minimum absolute atomic E-state index is 0.268. The molecule has 108 valence electrons. The van der Waals surface area contributed by atoms with Gasteiger partial charge in [-0.1, -0.05) is 6.92 Å². The van der Waals surface area contributed by atoms with Crippen LogP contribution in [-0.4, -0.2) is 42.8 Å². The van der Waals surface area contributed by atoms with Crippen LogP contribution < -0.4 is 10.2 Å². The molecule has 5 nitrogen and oxygen atoms in total. The molecule has 0 spiro atoms. The third kappa shape index (κ3) is 6.50. The van der Waals surface area contributed by atoms with Crippen molar-refractivity contribution in [1.29, 1.82) is 0 Å². The fourth-order valence-electron chi connectivity index (χ4n) is 1.60. The Morgan fingerprint density at radius 1 is 1.37 bits per heavy atom. The van der Waals surface area contributed by atoms with Gasteiger partial charge in [-0.15, -0.1) is 0 Å². The summed E-state index contributed by atoms with van der Waals surface area (Å²) in [5, 5.41) is 3.33. The zero-order chi connectivity index (χ0) is 14.1. The number of nitrogens with one attached hydrogen (secondary N) is 1. The van der Waals surface area contributed by atoms with Crippen molar-refractivity contribution in [2.45, 2.75) is 39.8 Å². The summed E-state index contributed by atoms with van der Waals surface area (Å²) in [6, 6.07) is 0. The first-order valence-corrected chi connectivity index (χ1v) is 6.97. The third-order valence-electron chi connectivity index (χ3n) is 2.67. The summed E-state index contributed by atoms with van der Waals surface area (Å²) < 4.78 is 5.54. The molecule has 19 heavy (non-hydrogen) atoms. The molecule has 1 aromatic heterocycles. The van der Waals surface area contributed by atoms with Crippen LogP contribution in [0.4, 0.5) is 5.82 Å². The second kappa shape index (κ2) is 8.82. The minimum atomic E-state index is 0.268. The monoisotopic (exact) mass is 266 g/mol. The van der Waals surface area contributed by atoms with Gasteiger partial charge in [0.2, 0.25) is 0 Å². The molecule has 1 N–H and O–H groups in total. The molecule has 0 atom stereocenters. The SMILES string of the molecule is CCCNCc1cncc(N(C)CCOC(C)C)n1. The number of nitrogens with zero attached hydrogens (tertiary/aromatic N) is 3. The summed E-state index contributed by atoms with van der Waals surface area (Å²) in [6.07, 6.45) is 4.99. The van der Waals surface area contributed by atoms with E-state index >= 15 is 0 Å². The largest absolute Gasteiger partial charge is 0.377 e. The smallest absolute Gasteiger partial charge is 0.147 e. The number of aromatic nitrogens is 2. The van der Waals surface area contributed by atoms with Crippen LogP contribution in [0.2, 0.25) is 0 Å². The van der Waals surface area contributed by atoms with E-state index in [1.165, 1.54) is 0 Å². The molecule has 0 aliphatic rings. The third-order valence-corrected chi connectivity index (χ3v) is 2.67. The second-order valence-electron chi connectivity index (χ2n) is 4.89. The molecular weight excluding hydrogens is 240 g/mol. The van der Waals surface area contributed by atoms with Crippen LogP contribution in [0.5, 0.6) is 0 Å². The molecule has 0 amide bonds. The average molecular weight is 266 g/mol. The highest BCUT2D eigenvalue weighted by Gasteiger charge is 2.05. The molecule has 0 aromatic carbocycles. The van der Waals surface area contributed by atoms with Gasteiger partial charge in [0.1, 0.15) is 5.82 Å². The molecule has 5 heteroatoms. The lowest BCUT2D eigenvalue weighted by atomic mass is 10.4. The maximum atomic E-state index is 5.54. The van der Waals surface area contributed by atoms with Crippen molar-refractivity contribution in [3.8, 4) is 0 Å². The molecule has 1 heterocycles. The maximum Gasteiger partial charge on any atom is 0.147 e. The van der Waals surface area contributed by atoms with Crippen molar-refractivity contribution >= 4 is 5.82 Å². The van der Waals surface area contributed by atoms with E-state index in [2.05, 4.69) is 27.1 Å². The van der Waals surface area contributed by atoms with Gasteiger partial charge in [0.25, 0.3) is 0 Å². The summed E-state index contributed by atoms with van der Waals surface area (Å²) in [5.41, 5.74) is 0.975. The highest BCUT2D eigenvalue weighted by atomic mass is 16.5. The Bertz CT molecular complexity index is 357. The quantitative estimate of drug-likeness (QED) is 0.691. The van der Waals surface area contributed by atoms with Crippen LogP contribution in [0, 0.1) is 0 Å². The summed E-state index contributed by atoms with van der Waals surface area (Å²) in [7, 11) is 2.01. The fraction of sp³-hybridized carbons (Fsp3) is 0.714. The van der Waals surface area contributed by atoms with Gasteiger partial charge in [-0.3, -0.25) is 4.98 Å². The van der Waals surface area contributed by atoms with E-state index in [1.54, 1.807) is 6.20 Å². The van der Waals surface area contributed by atoms with Crippen molar-refractivity contribution in [2.24, 2.45) is 0 Å². The van der Waals surface area contributed by atoms with Crippen LogP contribution in [0.1, 0.15) is 32.9 Å². The topological polar surface area (TPSA) is 50.3 Å². The van der Waals surface area contributed by atoms with E-state index in [0.717, 1.165) is 37.6 Å². The van der Waals surface area contributed by atoms with E-state index in [4.69, 9.17) is 4.74 Å². The van der Waals surface area contributed by atoms with Crippen LogP contribution in [0.3, 0.4) is 0 Å². The zero-order valence-electron chi connectivity index (χ0n) is 12.5. The summed E-state index contributed by atoms with van der Waals surface area (Å²) in [4.78, 5) is 10.9. The number of ether oxygens (including phenoxy) is 1. The Morgan fingerprint density at radius 2 is 2.16 bits per heavy atom. The first-order valence-electron chi connectivity index (χ1n) is 6.97. The molecule has 0 aliphatic carbocycles. The number of anilines is 1. The van der Waals surface area contributed by atoms with Crippen molar-refractivity contribution in [2.75, 3.05) is 31.6 Å². The van der Waals surface area contributed by atoms with Crippen LogP contribution in [-0.2, 0) is 11.3 Å². The lowest BCUT2D eigenvalue weighted by Gasteiger charge is -2.19. The van der Waals surface area contributed by atoms with Gasteiger partial charge in [-0.2, -0.15) is 0 Å². The number of likely N-dealkylation sites (N-methyl/N-ethyl adjacent to an activating group) is 1. The molecular formula is C14H26N4O. The summed E-state index contributed by atoms with van der Waals surface area (Å²) >= 11 is 0. The Labute approximate surface area is 116 Å². The highest BCUT2D eigenvalue weighted by Crippen LogP contribution is 2.07. The summed E-state index contributed by atoms with van der Waals surface area (Å²) in [6.45, 7) is 9.53. The molecule has 0 radical (unpaired) electrons. The van der Waals surface area contributed by atoms with Gasteiger partial charge in [0.05, 0.1) is 24.6 Å². The predicted molar refractivity (Wildman–Crippen MR) is 78.4 cm³/mol. The van der Waals surface area contributed by atoms with Crippen molar-refractivity contribution in [3.05, 3.63) is 18.1 Å². The lowest BCUT2D eigenvalue weighted by molar-refractivity contribution is 0.0845. The predicted octanol–water partition coefficient (Wildman–Crippen LogP) is 1.84. The second-order valence-corrected chi connectivity index (χ2v) is 4.89. The van der Waals surface area contributed by atoms with Gasteiger partial charge < -0.3 is 15.0 Å². The lowest BCUT2D eigenvalue weighted by Crippen LogP contribution is -2.25. The van der Waals surface area contributed by atoms with Gasteiger partial charge in [-0.25, -0.2) is 4.98 Å². The molecule has 0 aliphatic heterocycles. The number of hydrogen-bond donors (Lipinski definition) is 1. The summed E-state index contributed by atoms with van der Waals surface area (Å²) in [5.74, 6) is 0.892. The highest BCUT2D eigenvalue weighted by molar-refractivity contribution is 5.34. The maximum absolute atomic E-state index is 5.54. The van der Waals surface area contributed by atoms with Crippen LogP contribution in [0.25, 0.3) is 0 Å². The molecule has 0 fully saturated rings. The minimum Gasteiger partial charge on any atom is -0.377 e. The van der Waals surface area contributed by atoms with Gasteiger partial charge in [0, 0.05) is 26.3 Å². The normalized spacial score (nSPS) is 11.0. The fourth-order valence-corrected chi connectivity index (χ4v) is 1.60. The molecule has 0 unspecified atom stereocenters. The molecule has 0 saturated carbocycles. The van der Waals surface area contributed by atoms with Gasteiger partial charge in [-0.05, 0) is 26.8 Å². The standard InChI is InChI=1S/C14H26N4O/c1-5-6-15-9-13-10-16-11-14(17-13)18(4)7-8-19-12(2)3/h10-12,15H,5-9H2,1-4H3. The Balaban J connectivity index is 2.45. The first kappa shape index (κ1) is 15.9. The Kier molecular flexibility index (Phi) is 7.36. The van der Waals surface area contributed by atoms with E-state index in [-0.39, 0.29) is 6.10 Å². The van der Waals surface area contributed by atoms with Crippen LogP contribution >= 0.6 is 0 Å². The zero-order valence-corrected chi connectivity index (χ0v) is 12.5. The van der Waals surface area contributed by atoms with Crippen molar-refractivity contribution < 1.29 is 4.74 Å². The Morgan fingerprint density at radius 3 is 2.84 bits per heavy atom. The molecule has 1 aromatic rings.